The van der Waals surface area contributed by atoms with Crippen molar-refractivity contribution >= 4 is 31.6 Å². The van der Waals surface area contributed by atoms with Gasteiger partial charge in [-0.25, -0.2) is 21.6 Å². The van der Waals surface area contributed by atoms with Crippen molar-refractivity contribution in [1.82, 2.24) is 9.62 Å². The number of halogens is 3. The second-order valence-electron chi connectivity index (χ2n) is 9.13. The molecule has 1 aromatic rings. The van der Waals surface area contributed by atoms with Crippen LogP contribution in [0.4, 0.5) is 18.9 Å². The third-order valence-corrected chi connectivity index (χ3v) is 9.23. The van der Waals surface area contributed by atoms with E-state index in [9.17, 15) is 34.8 Å². The Morgan fingerprint density at radius 3 is 2.09 bits per heavy atom. The molecule has 2 fully saturated rings. The lowest BCUT2D eigenvalue weighted by atomic mass is 9.83. The number of hydrogen-bond donors (Lipinski definition) is 2. The molecular weight excluding hydrogens is 495 g/mol. The minimum absolute atomic E-state index is 0.120. The summed E-state index contributed by atoms with van der Waals surface area (Å²) in [4.78, 5) is 14.2. The van der Waals surface area contributed by atoms with Crippen molar-refractivity contribution in [3.05, 3.63) is 24.3 Å². The Morgan fingerprint density at radius 2 is 1.59 bits per heavy atom. The number of carbonyl (C=O) groups is 1. The van der Waals surface area contributed by atoms with Crippen molar-refractivity contribution in [2.24, 2.45) is 5.92 Å². The van der Waals surface area contributed by atoms with Gasteiger partial charge in [-0.15, -0.1) is 0 Å². The number of nitrogens with one attached hydrogen (secondary N) is 2. The van der Waals surface area contributed by atoms with Crippen molar-refractivity contribution in [1.29, 1.82) is 0 Å². The maximum Gasteiger partial charge on any atom is 0.404 e. The minimum Gasteiger partial charge on any atom is -0.343 e. The predicted molar refractivity (Wildman–Crippen MR) is 121 cm³/mol. The average molecular weight is 526 g/mol. The van der Waals surface area contributed by atoms with Gasteiger partial charge in [0, 0.05) is 31.2 Å². The summed E-state index contributed by atoms with van der Waals surface area (Å²) >= 11 is 0. The average Bonchev–Trinajstić information content (AvgIpc) is 2.66. The maximum absolute atomic E-state index is 12.7. The van der Waals surface area contributed by atoms with Gasteiger partial charge in [0.25, 0.3) is 0 Å². The number of anilines is 1. The zero-order valence-electron chi connectivity index (χ0n) is 18.8. The van der Waals surface area contributed by atoms with Crippen LogP contribution in [-0.2, 0) is 24.8 Å². The van der Waals surface area contributed by atoms with Crippen LogP contribution < -0.4 is 9.44 Å². The largest absolute Gasteiger partial charge is 0.404 e. The lowest BCUT2D eigenvalue weighted by molar-refractivity contribution is -0.134. The third-order valence-electron chi connectivity index (χ3n) is 6.44. The van der Waals surface area contributed by atoms with E-state index in [1.54, 1.807) is 4.72 Å². The number of nitrogens with zero attached hydrogens (tertiary/aromatic N) is 1. The van der Waals surface area contributed by atoms with Gasteiger partial charge < -0.3 is 4.90 Å². The second kappa shape index (κ2) is 10.4. The van der Waals surface area contributed by atoms with Gasteiger partial charge in [-0.05, 0) is 75.1 Å². The topological polar surface area (TPSA) is 113 Å². The highest BCUT2D eigenvalue weighted by Crippen LogP contribution is 2.30. The molecule has 8 nitrogen and oxygen atoms in total. The van der Waals surface area contributed by atoms with Crippen LogP contribution >= 0.6 is 0 Å². The van der Waals surface area contributed by atoms with E-state index >= 15 is 0 Å². The third kappa shape index (κ3) is 7.57. The van der Waals surface area contributed by atoms with Crippen molar-refractivity contribution in [3.8, 4) is 0 Å². The molecule has 0 bridgehead atoms. The molecule has 0 saturated heterocycles. The van der Waals surface area contributed by atoms with Gasteiger partial charge in [0.15, 0.2) is 5.75 Å². The van der Waals surface area contributed by atoms with E-state index in [4.69, 9.17) is 0 Å². The van der Waals surface area contributed by atoms with Crippen LogP contribution in [0.3, 0.4) is 0 Å². The molecule has 2 aliphatic rings. The molecule has 2 aliphatic carbocycles. The molecule has 2 N–H and O–H groups in total. The van der Waals surface area contributed by atoms with E-state index in [0.29, 0.717) is 25.3 Å². The van der Waals surface area contributed by atoms with Crippen LogP contribution in [0.15, 0.2) is 29.2 Å². The molecule has 1 amide bonds. The molecule has 2 saturated carbocycles. The summed E-state index contributed by atoms with van der Waals surface area (Å²) < 4.78 is 89.9. The molecule has 0 heterocycles. The van der Waals surface area contributed by atoms with Crippen LogP contribution in [0, 0.1) is 5.92 Å². The summed E-state index contributed by atoms with van der Waals surface area (Å²) in [5, 5.41) is 0. The first-order chi connectivity index (χ1) is 15.7. The Balaban J connectivity index is 1.50. The molecule has 0 radical (unpaired) electrons. The first-order valence-corrected chi connectivity index (χ1v) is 14.3. The molecule has 0 aromatic heterocycles. The van der Waals surface area contributed by atoms with Crippen molar-refractivity contribution in [2.45, 2.75) is 74.5 Å². The van der Waals surface area contributed by atoms with Gasteiger partial charge >= 0.3 is 6.18 Å². The summed E-state index contributed by atoms with van der Waals surface area (Å²) in [6.07, 6.45) is 1.50. The van der Waals surface area contributed by atoms with Gasteiger partial charge in [-0.3, -0.25) is 9.52 Å². The highest BCUT2D eigenvalue weighted by Gasteiger charge is 2.35. The second-order valence-corrected chi connectivity index (χ2v) is 12.6. The summed E-state index contributed by atoms with van der Waals surface area (Å²) in [6.45, 7) is 0. The van der Waals surface area contributed by atoms with Crippen molar-refractivity contribution in [2.75, 3.05) is 17.5 Å². The molecule has 34 heavy (non-hydrogen) atoms. The number of rotatable bonds is 9. The summed E-state index contributed by atoms with van der Waals surface area (Å²) in [6, 6.07) is 4.53. The highest BCUT2D eigenvalue weighted by atomic mass is 32.2. The van der Waals surface area contributed by atoms with Crippen LogP contribution in [0.25, 0.3) is 0 Å². The number of sulfonamides is 2. The van der Waals surface area contributed by atoms with E-state index in [-0.39, 0.29) is 28.4 Å². The van der Waals surface area contributed by atoms with Crippen molar-refractivity contribution in [3.63, 3.8) is 0 Å². The van der Waals surface area contributed by atoms with Gasteiger partial charge in [0.1, 0.15) is 0 Å². The normalized spacial score (nSPS) is 22.1. The van der Waals surface area contributed by atoms with E-state index in [2.05, 4.69) is 4.72 Å². The fourth-order valence-electron chi connectivity index (χ4n) is 4.27. The highest BCUT2D eigenvalue weighted by molar-refractivity contribution is 7.92. The van der Waals surface area contributed by atoms with Crippen LogP contribution in [0.1, 0.15) is 51.4 Å². The minimum atomic E-state index is -4.89. The zero-order chi connectivity index (χ0) is 25.1. The van der Waals surface area contributed by atoms with E-state index in [1.807, 2.05) is 11.9 Å². The first kappa shape index (κ1) is 26.7. The Hall–Kier alpha value is -1.86. The lowest BCUT2D eigenvalue weighted by Gasteiger charge is -2.36. The molecule has 0 atom stereocenters. The number of alkyl halides is 3. The number of amides is 1. The maximum atomic E-state index is 12.7. The molecule has 1 aromatic carbocycles. The van der Waals surface area contributed by atoms with Gasteiger partial charge in [-0.2, -0.15) is 13.2 Å². The van der Waals surface area contributed by atoms with E-state index in [0.717, 1.165) is 56.4 Å². The molecule has 3 rings (SSSR count). The van der Waals surface area contributed by atoms with Crippen LogP contribution in [-0.4, -0.2) is 58.7 Å². The Morgan fingerprint density at radius 1 is 1.00 bits per heavy atom. The number of hydrogen-bond acceptors (Lipinski definition) is 5. The zero-order valence-corrected chi connectivity index (χ0v) is 20.5. The summed E-state index contributed by atoms with van der Waals surface area (Å²) in [7, 11) is -6.70. The fourth-order valence-corrected chi connectivity index (χ4v) is 6.58. The Labute approximate surface area is 198 Å². The summed E-state index contributed by atoms with van der Waals surface area (Å²) in [5.74, 6) is -1.67. The molecular formula is C21H30F3N3O5S2. The van der Waals surface area contributed by atoms with Gasteiger partial charge in [0.05, 0.1) is 4.90 Å². The smallest absolute Gasteiger partial charge is 0.343 e. The SMILES string of the molecule is CN(C(=O)CC1CCC(NS(=O)(=O)c2ccc(NS(=O)(=O)CC(F)(F)F)cc2)CC1)C1CCC1. The molecule has 0 unspecified atom stereocenters. The Bertz CT molecular complexity index is 1060. The number of benzene rings is 1. The number of carbonyl (C=O) groups excluding carboxylic acids is 1. The summed E-state index contributed by atoms with van der Waals surface area (Å²) in [5.41, 5.74) is -0.166. The van der Waals surface area contributed by atoms with Gasteiger partial charge in [-0.1, -0.05) is 0 Å². The fraction of sp³-hybridized carbons (Fsp3) is 0.667. The molecule has 192 valence electrons. The van der Waals surface area contributed by atoms with E-state index in [1.165, 1.54) is 0 Å². The van der Waals surface area contributed by atoms with Crippen LogP contribution in [0.5, 0.6) is 0 Å². The Kier molecular flexibility index (Phi) is 8.18. The quantitative estimate of drug-likeness (QED) is 0.514. The van der Waals surface area contributed by atoms with Gasteiger partial charge in [0.2, 0.25) is 26.0 Å². The molecule has 13 heteroatoms. The van der Waals surface area contributed by atoms with Crippen molar-refractivity contribution < 1.29 is 34.8 Å². The molecule has 0 spiro atoms. The lowest BCUT2D eigenvalue weighted by Crippen LogP contribution is -2.42. The first-order valence-electron chi connectivity index (χ1n) is 11.2. The standard InChI is InChI=1S/C21H30F3N3O5S2/c1-27(18-3-2-4-18)20(28)13-15-5-7-17(8-6-15)26-34(31,32)19-11-9-16(10-12-19)25-33(29,30)14-21(22,23)24/h9-12,15,17-18,25-26H,2-8,13-14H2,1H3. The van der Waals surface area contributed by atoms with E-state index < -0.39 is 32.0 Å². The monoisotopic (exact) mass is 525 g/mol. The van der Waals surface area contributed by atoms with Crippen LogP contribution in [0.2, 0.25) is 0 Å². The molecule has 0 aliphatic heterocycles. The predicted octanol–water partition coefficient (Wildman–Crippen LogP) is 3.23.